The highest BCUT2D eigenvalue weighted by Gasteiger charge is 2.27. The molecule has 0 aliphatic rings. The number of aliphatic hydroxyl groups excluding tert-OH is 2. The predicted octanol–water partition coefficient (Wildman–Crippen LogP) is 12.7. The summed E-state index contributed by atoms with van der Waals surface area (Å²) in [6.07, 6.45) is 49.2. The van der Waals surface area contributed by atoms with Crippen LogP contribution < -0.4 is 5.32 Å². The number of nitrogens with one attached hydrogen (secondary N) is 1. The van der Waals surface area contributed by atoms with E-state index in [0.29, 0.717) is 12.8 Å². The molecule has 318 valence electrons. The second-order valence-electron chi connectivity index (χ2n) is 15.8. The molecule has 7 nitrogen and oxygen atoms in total. The Morgan fingerprint density at radius 3 is 1.22 bits per heavy atom. The van der Waals surface area contributed by atoms with Gasteiger partial charge in [-0.1, -0.05) is 204 Å². The highest BCUT2D eigenvalue weighted by Crippen LogP contribution is 2.15. The lowest BCUT2D eigenvalue weighted by Crippen LogP contribution is -2.50. The summed E-state index contributed by atoms with van der Waals surface area (Å²) < 4.78 is 32.6. The van der Waals surface area contributed by atoms with Gasteiger partial charge in [0.2, 0.25) is 5.91 Å². The highest BCUT2D eigenvalue weighted by atomic mass is 32.2. The van der Waals surface area contributed by atoms with E-state index in [1.165, 1.54) is 160 Å². The molecular weight excluding hydrogens is 695 g/mol. The third-order valence-corrected chi connectivity index (χ3v) is 11.2. The number of carbonyl (C=O) groups is 1. The molecule has 0 bridgehead atoms. The van der Waals surface area contributed by atoms with Gasteiger partial charge >= 0.3 is 0 Å². The molecule has 0 aliphatic carbocycles. The number of amides is 1. The summed E-state index contributed by atoms with van der Waals surface area (Å²) in [4.78, 5) is 12.6. The Labute approximate surface area is 334 Å². The number of carbonyl (C=O) groups excluding carboxylic acids is 1. The molecule has 0 saturated heterocycles. The van der Waals surface area contributed by atoms with Gasteiger partial charge in [0, 0.05) is 0 Å². The van der Waals surface area contributed by atoms with Gasteiger partial charge in [-0.15, -0.1) is 0 Å². The average Bonchev–Trinajstić information content (AvgIpc) is 3.14. The van der Waals surface area contributed by atoms with Crippen molar-refractivity contribution >= 4 is 16.0 Å². The molecule has 0 aromatic rings. The van der Waals surface area contributed by atoms with Crippen LogP contribution in [0.4, 0.5) is 0 Å². The van der Waals surface area contributed by atoms with Crippen molar-refractivity contribution in [2.75, 3.05) is 5.75 Å². The van der Waals surface area contributed by atoms with Crippen molar-refractivity contribution in [1.29, 1.82) is 0 Å². The first kappa shape index (κ1) is 52.5. The van der Waals surface area contributed by atoms with Crippen LogP contribution in [-0.2, 0) is 14.9 Å². The molecule has 3 atom stereocenters. The Balaban J connectivity index is 3.98. The zero-order valence-electron chi connectivity index (χ0n) is 35.2. The van der Waals surface area contributed by atoms with Crippen LogP contribution in [0.2, 0.25) is 0 Å². The zero-order valence-corrected chi connectivity index (χ0v) is 36.0. The van der Waals surface area contributed by atoms with Gasteiger partial charge in [0.1, 0.15) is 6.10 Å². The maximum absolute atomic E-state index is 12.6. The first-order valence-electron chi connectivity index (χ1n) is 22.8. The Bertz CT molecular complexity index is 1010. The van der Waals surface area contributed by atoms with Crippen LogP contribution in [0.1, 0.15) is 226 Å². The molecule has 4 N–H and O–H groups in total. The molecule has 54 heavy (non-hydrogen) atoms. The molecule has 0 fully saturated rings. The molecular formula is C46H87NO6S. The largest absolute Gasteiger partial charge is 0.387 e. The average molecular weight is 782 g/mol. The number of aliphatic hydroxyl groups is 2. The van der Waals surface area contributed by atoms with E-state index in [-0.39, 0.29) is 6.42 Å². The summed E-state index contributed by atoms with van der Waals surface area (Å²) in [6, 6.07) is -1.25. The van der Waals surface area contributed by atoms with Crippen molar-refractivity contribution in [3.8, 4) is 0 Å². The van der Waals surface area contributed by atoms with Gasteiger partial charge in [0.15, 0.2) is 0 Å². The SMILES string of the molecule is CCCCCCCCCCC/C=C/CC/C=C/C(O)C(CS(=O)(=O)O)NC(=O)C(O)CCCCCCCC/C=C\CCCCCCCCCCCCCC. The first-order valence-corrected chi connectivity index (χ1v) is 24.4. The van der Waals surface area contributed by atoms with Gasteiger partial charge < -0.3 is 15.5 Å². The van der Waals surface area contributed by atoms with Crippen LogP contribution in [0.15, 0.2) is 36.5 Å². The van der Waals surface area contributed by atoms with Gasteiger partial charge in [-0.2, -0.15) is 8.42 Å². The van der Waals surface area contributed by atoms with Crippen LogP contribution >= 0.6 is 0 Å². The third kappa shape index (κ3) is 38.8. The summed E-state index contributed by atoms with van der Waals surface area (Å²) in [5.41, 5.74) is 0. The fourth-order valence-corrected chi connectivity index (χ4v) is 7.61. The number of hydrogen-bond acceptors (Lipinski definition) is 5. The van der Waals surface area contributed by atoms with E-state index in [9.17, 15) is 28.0 Å². The lowest BCUT2D eigenvalue weighted by Gasteiger charge is -2.22. The Hall–Kier alpha value is -1.48. The molecule has 0 spiro atoms. The molecule has 0 aromatic carbocycles. The van der Waals surface area contributed by atoms with Crippen molar-refractivity contribution in [2.45, 2.75) is 244 Å². The molecule has 3 unspecified atom stereocenters. The van der Waals surface area contributed by atoms with E-state index in [0.717, 1.165) is 38.5 Å². The van der Waals surface area contributed by atoms with Crippen molar-refractivity contribution in [1.82, 2.24) is 5.32 Å². The summed E-state index contributed by atoms with van der Waals surface area (Å²) in [5, 5.41) is 23.4. The standard InChI is InChI=1S/C46H87NO6S/c1-3-5-7-9-11-13-15-17-19-20-21-22-23-24-25-27-29-31-33-35-37-39-41-45(49)46(50)47-43(42-54(51,52)53)44(48)40-38-36-34-32-30-28-26-18-16-14-12-10-8-6-4-2/h24-25,30,32,38,40,43-45,48-49H,3-23,26-29,31,33-37,39,41-42H2,1-2H3,(H,47,50)(H,51,52,53)/b25-24-,32-30+,40-38+. The van der Waals surface area contributed by atoms with E-state index in [4.69, 9.17) is 0 Å². The zero-order chi connectivity index (χ0) is 39.8. The Morgan fingerprint density at radius 1 is 0.500 bits per heavy atom. The van der Waals surface area contributed by atoms with Crippen LogP contribution in [-0.4, -0.2) is 53.1 Å². The van der Waals surface area contributed by atoms with Crippen molar-refractivity contribution in [3.05, 3.63) is 36.5 Å². The molecule has 0 heterocycles. The molecule has 0 aromatic heterocycles. The van der Waals surface area contributed by atoms with Crippen LogP contribution in [0, 0.1) is 0 Å². The Kier molecular flexibility index (Phi) is 38.7. The highest BCUT2D eigenvalue weighted by molar-refractivity contribution is 7.85. The first-order chi connectivity index (χ1) is 26.2. The Morgan fingerprint density at radius 2 is 0.833 bits per heavy atom. The fraction of sp³-hybridized carbons (Fsp3) is 0.848. The molecule has 0 rings (SSSR count). The third-order valence-electron chi connectivity index (χ3n) is 10.4. The lowest BCUT2D eigenvalue weighted by molar-refractivity contribution is -0.130. The quantitative estimate of drug-likeness (QED) is 0.0278. The molecule has 1 amide bonds. The van der Waals surface area contributed by atoms with Crippen molar-refractivity contribution < 1.29 is 28.0 Å². The molecule has 0 radical (unpaired) electrons. The summed E-state index contributed by atoms with van der Waals surface area (Å²) in [5.74, 6) is -1.56. The summed E-state index contributed by atoms with van der Waals surface area (Å²) in [6.45, 7) is 4.52. The van der Waals surface area contributed by atoms with Gasteiger partial charge in [-0.05, 0) is 57.8 Å². The minimum Gasteiger partial charge on any atom is -0.387 e. The van der Waals surface area contributed by atoms with E-state index < -0.39 is 40.0 Å². The van der Waals surface area contributed by atoms with E-state index in [1.807, 2.05) is 0 Å². The van der Waals surface area contributed by atoms with E-state index in [1.54, 1.807) is 6.08 Å². The van der Waals surface area contributed by atoms with Gasteiger partial charge in [-0.3, -0.25) is 9.35 Å². The van der Waals surface area contributed by atoms with Crippen LogP contribution in [0.25, 0.3) is 0 Å². The predicted molar refractivity (Wildman–Crippen MR) is 231 cm³/mol. The summed E-state index contributed by atoms with van der Waals surface area (Å²) >= 11 is 0. The summed E-state index contributed by atoms with van der Waals surface area (Å²) in [7, 11) is -4.45. The number of hydrogen-bond donors (Lipinski definition) is 4. The van der Waals surface area contributed by atoms with Crippen molar-refractivity contribution in [3.63, 3.8) is 0 Å². The molecule has 8 heteroatoms. The minimum atomic E-state index is -4.45. The number of allylic oxidation sites excluding steroid dienone is 5. The van der Waals surface area contributed by atoms with Gasteiger partial charge in [-0.25, -0.2) is 0 Å². The molecule has 0 saturated carbocycles. The normalized spacial score (nSPS) is 14.1. The second kappa shape index (κ2) is 39.7. The van der Waals surface area contributed by atoms with Crippen LogP contribution in [0.5, 0.6) is 0 Å². The minimum absolute atomic E-state index is 0.267. The van der Waals surface area contributed by atoms with Gasteiger partial charge in [0.25, 0.3) is 10.1 Å². The maximum Gasteiger partial charge on any atom is 0.267 e. The smallest absolute Gasteiger partial charge is 0.267 e. The maximum atomic E-state index is 12.6. The van der Waals surface area contributed by atoms with E-state index in [2.05, 4.69) is 43.5 Å². The second-order valence-corrected chi connectivity index (χ2v) is 17.3. The van der Waals surface area contributed by atoms with Crippen molar-refractivity contribution in [2.24, 2.45) is 0 Å². The topological polar surface area (TPSA) is 124 Å². The number of unbranched alkanes of at least 4 members (excludes halogenated alkanes) is 28. The van der Waals surface area contributed by atoms with Crippen LogP contribution in [0.3, 0.4) is 0 Å². The van der Waals surface area contributed by atoms with Gasteiger partial charge in [0.05, 0.1) is 17.9 Å². The monoisotopic (exact) mass is 782 g/mol. The fourth-order valence-electron chi connectivity index (χ4n) is 6.88. The number of rotatable bonds is 41. The van der Waals surface area contributed by atoms with E-state index >= 15 is 0 Å². The molecule has 0 aliphatic heterocycles. The lowest BCUT2D eigenvalue weighted by atomic mass is 10.0.